The van der Waals surface area contributed by atoms with Gasteiger partial charge in [0.1, 0.15) is 11.5 Å². The van der Waals surface area contributed by atoms with Crippen molar-refractivity contribution in [2.75, 3.05) is 0 Å². The third kappa shape index (κ3) is 3.90. The van der Waals surface area contributed by atoms with Crippen LogP contribution in [-0.2, 0) is 0 Å². The molecule has 0 radical (unpaired) electrons. The van der Waals surface area contributed by atoms with Crippen LogP contribution in [0.4, 0.5) is 5.69 Å². The molecule has 0 saturated heterocycles. The Balaban J connectivity index is 1.54. The number of esters is 1. The number of nitrogens with one attached hydrogen (secondary N) is 1. The number of hydrogen-bond acceptors (Lipinski definition) is 7. The summed E-state index contributed by atoms with van der Waals surface area (Å²) in [6.07, 6.45) is 4.82. The first-order valence-electron chi connectivity index (χ1n) is 8.55. The number of Topliss-reactive ketones (excluding diaryl/α,β-unsaturated/α-hetero) is 1. The Kier molecular flexibility index (Phi) is 4.88. The number of hydrogen-bond donors (Lipinski definition) is 2. The first-order chi connectivity index (χ1) is 14.0. The van der Waals surface area contributed by atoms with Gasteiger partial charge >= 0.3 is 5.97 Å². The zero-order valence-corrected chi connectivity index (χ0v) is 14.9. The molecule has 0 spiro atoms. The monoisotopic (exact) mass is 390 g/mol. The third-order valence-electron chi connectivity index (χ3n) is 4.20. The van der Waals surface area contributed by atoms with Crippen molar-refractivity contribution in [2.45, 2.75) is 0 Å². The highest BCUT2D eigenvalue weighted by molar-refractivity contribution is 6.14. The summed E-state index contributed by atoms with van der Waals surface area (Å²) in [5.41, 5.74) is 1.20. The van der Waals surface area contributed by atoms with E-state index in [4.69, 9.17) is 14.7 Å². The molecule has 8 nitrogen and oxygen atoms in total. The molecule has 4 rings (SSSR count). The molecule has 29 heavy (non-hydrogen) atoms. The highest BCUT2D eigenvalue weighted by Crippen LogP contribution is 2.35. The minimum atomic E-state index is -1.14. The number of pyridine rings is 1. The van der Waals surface area contributed by atoms with Gasteiger partial charge in [-0.25, -0.2) is 10.0 Å². The Hall–Kier alpha value is -3.85. The van der Waals surface area contributed by atoms with E-state index < -0.39 is 11.2 Å². The molecule has 8 heteroatoms. The van der Waals surface area contributed by atoms with E-state index in [1.54, 1.807) is 30.6 Å². The van der Waals surface area contributed by atoms with Crippen molar-refractivity contribution in [3.05, 3.63) is 94.6 Å². The van der Waals surface area contributed by atoms with Gasteiger partial charge in [0.05, 0.1) is 11.1 Å². The third-order valence-corrected chi connectivity index (χ3v) is 4.20. The molecule has 0 fully saturated rings. The van der Waals surface area contributed by atoms with Gasteiger partial charge in [-0.2, -0.15) is 5.23 Å². The van der Waals surface area contributed by atoms with E-state index in [9.17, 15) is 14.8 Å². The number of allylic oxidation sites excluding steroid dienone is 1. The maximum atomic E-state index is 12.5. The lowest BCUT2D eigenvalue weighted by molar-refractivity contribution is -0.991. The Morgan fingerprint density at radius 2 is 1.93 bits per heavy atom. The summed E-state index contributed by atoms with van der Waals surface area (Å²) in [7, 11) is 0. The van der Waals surface area contributed by atoms with Crippen LogP contribution in [0.15, 0.2) is 72.8 Å². The van der Waals surface area contributed by atoms with Crippen LogP contribution in [0, 0.1) is 5.21 Å². The lowest BCUT2D eigenvalue weighted by Crippen LogP contribution is -2.99. The van der Waals surface area contributed by atoms with Crippen molar-refractivity contribution in [2.24, 2.45) is 0 Å². The van der Waals surface area contributed by atoms with Crippen molar-refractivity contribution >= 4 is 23.5 Å². The highest BCUT2D eigenvalue weighted by atomic mass is 16.8. The van der Waals surface area contributed by atoms with E-state index in [0.29, 0.717) is 5.56 Å². The maximum absolute atomic E-state index is 12.5. The minimum Gasteiger partial charge on any atom is -0.595 e. The van der Waals surface area contributed by atoms with Gasteiger partial charge in [0.25, 0.3) is 0 Å². The van der Waals surface area contributed by atoms with Crippen LogP contribution in [0.3, 0.4) is 0 Å². The Bertz CT molecular complexity index is 1130. The standard InChI is InChI=1S/C21H14N2O6/c24-20-17-5-4-16(28-21(25)14-2-1-3-15(11-14)23(26)27)12-18(17)29-19(20)10-13-6-8-22-9-7-13/h1-12,23,26H. The van der Waals surface area contributed by atoms with Gasteiger partial charge in [-0.15, -0.1) is 0 Å². The van der Waals surface area contributed by atoms with E-state index in [0.717, 1.165) is 5.56 Å². The van der Waals surface area contributed by atoms with Gasteiger partial charge in [-0.1, -0.05) is 6.07 Å². The molecule has 2 heterocycles. The molecule has 0 amide bonds. The van der Waals surface area contributed by atoms with E-state index in [-0.39, 0.29) is 34.3 Å². The summed E-state index contributed by atoms with van der Waals surface area (Å²) in [5.74, 6) is -0.384. The first kappa shape index (κ1) is 18.5. The minimum absolute atomic E-state index is 0.0202. The van der Waals surface area contributed by atoms with Gasteiger partial charge in [-0.05, 0) is 42.0 Å². The van der Waals surface area contributed by atoms with Crippen LogP contribution in [-0.4, -0.2) is 21.9 Å². The number of rotatable bonds is 4. The molecule has 1 aliphatic rings. The normalized spacial score (nSPS) is 15.0. The molecule has 1 aliphatic heterocycles. The van der Waals surface area contributed by atoms with Gasteiger partial charge in [-0.3, -0.25) is 9.78 Å². The number of ether oxygens (including phenoxy) is 2. The number of nitrogens with zero attached hydrogens (tertiary/aromatic N) is 1. The number of carbonyl (C=O) groups is 2. The summed E-state index contributed by atoms with van der Waals surface area (Å²) in [4.78, 5) is 28.7. The zero-order chi connectivity index (χ0) is 20.4. The quantitative estimate of drug-likeness (QED) is 0.304. The van der Waals surface area contributed by atoms with Crippen LogP contribution in [0.25, 0.3) is 6.08 Å². The predicted molar refractivity (Wildman–Crippen MR) is 101 cm³/mol. The van der Waals surface area contributed by atoms with Crippen LogP contribution >= 0.6 is 0 Å². The average molecular weight is 390 g/mol. The lowest BCUT2D eigenvalue weighted by atomic mass is 10.1. The lowest BCUT2D eigenvalue weighted by Gasteiger charge is -2.12. The largest absolute Gasteiger partial charge is 0.595 e. The molecule has 1 unspecified atom stereocenters. The van der Waals surface area contributed by atoms with E-state index in [2.05, 4.69) is 4.98 Å². The number of quaternary nitrogens is 1. The Morgan fingerprint density at radius 1 is 1.14 bits per heavy atom. The Labute approximate surface area is 164 Å². The summed E-state index contributed by atoms with van der Waals surface area (Å²) in [6.45, 7) is 0. The number of ketones is 1. The van der Waals surface area contributed by atoms with Crippen molar-refractivity contribution < 1.29 is 29.5 Å². The number of aromatic nitrogens is 1. The van der Waals surface area contributed by atoms with Crippen LogP contribution in [0.5, 0.6) is 11.5 Å². The number of fused-ring (bicyclic) bond motifs is 1. The number of benzene rings is 2. The smallest absolute Gasteiger partial charge is 0.343 e. The average Bonchev–Trinajstić information content (AvgIpc) is 3.03. The van der Waals surface area contributed by atoms with Crippen molar-refractivity contribution in [3.8, 4) is 11.5 Å². The fourth-order valence-corrected chi connectivity index (χ4v) is 2.79. The van der Waals surface area contributed by atoms with Crippen molar-refractivity contribution in [1.29, 1.82) is 0 Å². The van der Waals surface area contributed by atoms with Gasteiger partial charge in [0, 0.05) is 30.6 Å². The molecule has 2 N–H and O–H groups in total. The summed E-state index contributed by atoms with van der Waals surface area (Å²) < 4.78 is 10.9. The SMILES string of the molecule is O=C(Oc1ccc2c(c1)OC(=Cc1ccncc1)C2=O)c1cccc([NH+]([O-])O)c1. The summed E-state index contributed by atoms with van der Waals surface area (Å²) in [6, 6.07) is 13.4. The second kappa shape index (κ2) is 7.64. The van der Waals surface area contributed by atoms with Gasteiger partial charge < -0.3 is 14.7 Å². The molecule has 2 aromatic carbocycles. The fraction of sp³-hybridized carbons (Fsp3) is 0. The summed E-state index contributed by atoms with van der Waals surface area (Å²) in [5, 5.41) is 18.9. The molecule has 0 bridgehead atoms. The van der Waals surface area contributed by atoms with Crippen LogP contribution < -0.4 is 14.7 Å². The van der Waals surface area contributed by atoms with E-state index >= 15 is 0 Å². The van der Waals surface area contributed by atoms with Crippen LogP contribution in [0.2, 0.25) is 0 Å². The second-order valence-corrected chi connectivity index (χ2v) is 6.15. The van der Waals surface area contributed by atoms with Crippen molar-refractivity contribution in [1.82, 2.24) is 4.98 Å². The number of carbonyl (C=O) groups excluding carboxylic acids is 2. The Morgan fingerprint density at radius 3 is 2.69 bits per heavy atom. The van der Waals surface area contributed by atoms with Gasteiger partial charge in [0.2, 0.25) is 5.78 Å². The van der Waals surface area contributed by atoms with Gasteiger partial charge in [0.15, 0.2) is 11.4 Å². The fourth-order valence-electron chi connectivity index (χ4n) is 2.79. The summed E-state index contributed by atoms with van der Waals surface area (Å²) >= 11 is 0. The first-order valence-corrected chi connectivity index (χ1v) is 8.55. The van der Waals surface area contributed by atoms with E-state index in [1.165, 1.54) is 42.5 Å². The molecule has 144 valence electrons. The molecule has 0 saturated carbocycles. The topological polar surface area (TPSA) is 113 Å². The zero-order valence-electron chi connectivity index (χ0n) is 14.9. The molecular weight excluding hydrogens is 376 g/mol. The molecule has 3 aromatic rings. The maximum Gasteiger partial charge on any atom is 0.343 e. The van der Waals surface area contributed by atoms with E-state index in [1.807, 2.05) is 0 Å². The highest BCUT2D eigenvalue weighted by Gasteiger charge is 2.28. The van der Waals surface area contributed by atoms with Crippen molar-refractivity contribution in [3.63, 3.8) is 0 Å². The van der Waals surface area contributed by atoms with Crippen LogP contribution in [0.1, 0.15) is 26.3 Å². The predicted octanol–water partition coefficient (Wildman–Crippen LogP) is 2.32. The molecule has 1 atom stereocenters. The second-order valence-electron chi connectivity index (χ2n) is 6.15. The molecular formula is C21H14N2O6. The molecule has 1 aromatic heterocycles. The molecule has 0 aliphatic carbocycles.